The van der Waals surface area contributed by atoms with Crippen LogP contribution in [0.4, 0.5) is 0 Å². The monoisotopic (exact) mass is 334 g/mol. The molecule has 114 valence electrons. The molecule has 2 rings (SSSR count). The standard InChI is InChI=1S/C16H14O4S2/c17-15(18)11-5-1-3-7-13(11)21-9-10-22-14-8-4-2-6-12(14)16(19)20/h1-8H,9-10H2,(H,17,18)(H,19,20). The van der Waals surface area contributed by atoms with Crippen LogP contribution >= 0.6 is 23.5 Å². The van der Waals surface area contributed by atoms with Gasteiger partial charge in [-0.2, -0.15) is 0 Å². The lowest BCUT2D eigenvalue weighted by Gasteiger charge is -2.07. The van der Waals surface area contributed by atoms with Gasteiger partial charge < -0.3 is 10.2 Å². The van der Waals surface area contributed by atoms with Gasteiger partial charge in [0, 0.05) is 21.3 Å². The van der Waals surface area contributed by atoms with Gasteiger partial charge in [-0.25, -0.2) is 9.59 Å². The molecule has 0 fully saturated rings. The Labute approximate surface area is 136 Å². The van der Waals surface area contributed by atoms with Gasteiger partial charge >= 0.3 is 11.9 Å². The summed E-state index contributed by atoms with van der Waals surface area (Å²) in [6.45, 7) is 0. The average molecular weight is 334 g/mol. The summed E-state index contributed by atoms with van der Waals surface area (Å²) >= 11 is 2.92. The molecule has 0 aromatic heterocycles. The Balaban J connectivity index is 1.93. The van der Waals surface area contributed by atoms with E-state index >= 15 is 0 Å². The van der Waals surface area contributed by atoms with Gasteiger partial charge in [0.25, 0.3) is 0 Å². The van der Waals surface area contributed by atoms with Crippen LogP contribution in [0.25, 0.3) is 0 Å². The maximum Gasteiger partial charge on any atom is 0.336 e. The number of hydrogen-bond acceptors (Lipinski definition) is 4. The van der Waals surface area contributed by atoms with Crippen LogP contribution in [0.2, 0.25) is 0 Å². The fourth-order valence-electron chi connectivity index (χ4n) is 1.84. The van der Waals surface area contributed by atoms with E-state index in [1.165, 1.54) is 23.5 Å². The Morgan fingerprint density at radius 2 is 1.09 bits per heavy atom. The highest BCUT2D eigenvalue weighted by atomic mass is 32.2. The second-order valence-electron chi connectivity index (χ2n) is 4.30. The van der Waals surface area contributed by atoms with Crippen molar-refractivity contribution in [2.75, 3.05) is 11.5 Å². The van der Waals surface area contributed by atoms with Gasteiger partial charge in [-0.15, -0.1) is 23.5 Å². The highest BCUT2D eigenvalue weighted by molar-refractivity contribution is 8.03. The number of carboxylic acid groups (broad SMARTS) is 2. The maximum atomic E-state index is 11.1. The van der Waals surface area contributed by atoms with Gasteiger partial charge in [-0.05, 0) is 24.3 Å². The molecule has 0 aliphatic carbocycles. The summed E-state index contributed by atoms with van der Waals surface area (Å²) in [7, 11) is 0. The second-order valence-corrected chi connectivity index (χ2v) is 6.57. The van der Waals surface area contributed by atoms with E-state index in [4.69, 9.17) is 10.2 Å². The van der Waals surface area contributed by atoms with Crippen LogP contribution in [0.5, 0.6) is 0 Å². The molecule has 0 heterocycles. The quantitative estimate of drug-likeness (QED) is 0.589. The molecule has 0 unspecified atom stereocenters. The molecule has 4 nitrogen and oxygen atoms in total. The first-order chi connectivity index (χ1) is 10.6. The fraction of sp³-hybridized carbons (Fsp3) is 0.125. The summed E-state index contributed by atoms with van der Waals surface area (Å²) < 4.78 is 0. The lowest BCUT2D eigenvalue weighted by Crippen LogP contribution is -2.00. The first kappa shape index (κ1) is 16.5. The van der Waals surface area contributed by atoms with E-state index in [9.17, 15) is 9.59 Å². The van der Waals surface area contributed by atoms with Crippen LogP contribution in [0.15, 0.2) is 58.3 Å². The van der Waals surface area contributed by atoms with Crippen LogP contribution in [0, 0.1) is 0 Å². The molecule has 0 spiro atoms. The minimum absolute atomic E-state index is 0.295. The zero-order chi connectivity index (χ0) is 15.9. The molecule has 0 saturated heterocycles. The predicted molar refractivity (Wildman–Crippen MR) is 88.3 cm³/mol. The van der Waals surface area contributed by atoms with Crippen molar-refractivity contribution in [1.29, 1.82) is 0 Å². The van der Waals surface area contributed by atoms with E-state index in [0.717, 1.165) is 9.79 Å². The fourth-order valence-corrected chi connectivity index (χ4v) is 3.92. The van der Waals surface area contributed by atoms with E-state index in [-0.39, 0.29) is 0 Å². The summed E-state index contributed by atoms with van der Waals surface area (Å²) in [6, 6.07) is 13.7. The van der Waals surface area contributed by atoms with Crippen LogP contribution in [0.3, 0.4) is 0 Å². The van der Waals surface area contributed by atoms with Crippen LogP contribution in [-0.2, 0) is 0 Å². The molecule has 0 atom stereocenters. The summed E-state index contributed by atoms with van der Waals surface area (Å²) in [5.41, 5.74) is 0.590. The zero-order valence-corrected chi connectivity index (χ0v) is 13.2. The molecule has 0 radical (unpaired) electrons. The Morgan fingerprint density at radius 3 is 1.45 bits per heavy atom. The first-order valence-corrected chi connectivity index (χ1v) is 8.47. The number of rotatable bonds is 7. The van der Waals surface area contributed by atoms with E-state index in [1.807, 2.05) is 12.1 Å². The molecule has 0 aliphatic heterocycles. The summed E-state index contributed by atoms with van der Waals surface area (Å²) in [5, 5.41) is 18.2. The van der Waals surface area contributed by atoms with Gasteiger partial charge in [-0.3, -0.25) is 0 Å². The molecule has 22 heavy (non-hydrogen) atoms. The predicted octanol–water partition coefficient (Wildman–Crippen LogP) is 3.97. The van der Waals surface area contributed by atoms with E-state index < -0.39 is 11.9 Å². The third-order valence-electron chi connectivity index (χ3n) is 2.83. The maximum absolute atomic E-state index is 11.1. The highest BCUT2D eigenvalue weighted by Gasteiger charge is 2.11. The van der Waals surface area contributed by atoms with Crippen LogP contribution in [0.1, 0.15) is 20.7 Å². The summed E-state index contributed by atoms with van der Waals surface area (Å²) in [5.74, 6) is -0.481. The van der Waals surface area contributed by atoms with Gasteiger partial charge in [0.2, 0.25) is 0 Å². The van der Waals surface area contributed by atoms with E-state index in [2.05, 4.69) is 0 Å². The van der Waals surface area contributed by atoms with Crippen molar-refractivity contribution in [3.63, 3.8) is 0 Å². The Kier molecular flexibility index (Phi) is 5.91. The number of carboxylic acids is 2. The minimum Gasteiger partial charge on any atom is -0.478 e. The number of aromatic carboxylic acids is 2. The Hall–Kier alpha value is -1.92. The number of benzene rings is 2. The van der Waals surface area contributed by atoms with Crippen molar-refractivity contribution in [3.05, 3.63) is 59.7 Å². The molecule has 0 amide bonds. The van der Waals surface area contributed by atoms with Crippen molar-refractivity contribution in [3.8, 4) is 0 Å². The molecule has 0 saturated carbocycles. The molecular formula is C16H14O4S2. The van der Waals surface area contributed by atoms with Crippen molar-refractivity contribution in [2.45, 2.75) is 9.79 Å². The molecule has 2 N–H and O–H groups in total. The second kappa shape index (κ2) is 7.91. The number of thioether (sulfide) groups is 2. The molecule has 6 heteroatoms. The van der Waals surface area contributed by atoms with Crippen LogP contribution < -0.4 is 0 Å². The number of hydrogen-bond donors (Lipinski definition) is 2. The van der Waals surface area contributed by atoms with Crippen LogP contribution in [-0.4, -0.2) is 33.7 Å². The van der Waals surface area contributed by atoms with E-state index in [1.54, 1.807) is 36.4 Å². The third-order valence-corrected chi connectivity index (χ3v) is 5.24. The SMILES string of the molecule is O=C(O)c1ccccc1SCCSc1ccccc1C(=O)O. The van der Waals surface area contributed by atoms with Crippen molar-refractivity contribution >= 4 is 35.5 Å². The highest BCUT2D eigenvalue weighted by Crippen LogP contribution is 2.27. The Morgan fingerprint density at radius 1 is 0.727 bits per heavy atom. The van der Waals surface area contributed by atoms with Crippen molar-refractivity contribution in [1.82, 2.24) is 0 Å². The minimum atomic E-state index is -0.938. The topological polar surface area (TPSA) is 74.6 Å². The zero-order valence-electron chi connectivity index (χ0n) is 11.6. The first-order valence-electron chi connectivity index (χ1n) is 6.50. The van der Waals surface area contributed by atoms with Gasteiger partial charge in [-0.1, -0.05) is 24.3 Å². The van der Waals surface area contributed by atoms with Gasteiger partial charge in [0.15, 0.2) is 0 Å². The summed E-state index contributed by atoms with van der Waals surface area (Å²) in [4.78, 5) is 23.7. The Bertz CT molecular complexity index is 626. The van der Waals surface area contributed by atoms with E-state index in [0.29, 0.717) is 22.6 Å². The lowest BCUT2D eigenvalue weighted by atomic mass is 10.2. The molecule has 2 aromatic carbocycles. The number of carbonyl (C=O) groups is 2. The normalized spacial score (nSPS) is 10.4. The van der Waals surface area contributed by atoms with Gasteiger partial charge in [0.05, 0.1) is 11.1 Å². The van der Waals surface area contributed by atoms with Crippen molar-refractivity contribution in [2.24, 2.45) is 0 Å². The molecular weight excluding hydrogens is 320 g/mol. The molecule has 0 aliphatic rings. The molecule has 2 aromatic rings. The third kappa shape index (κ3) is 4.29. The molecule has 0 bridgehead atoms. The smallest absolute Gasteiger partial charge is 0.336 e. The average Bonchev–Trinajstić information content (AvgIpc) is 2.52. The van der Waals surface area contributed by atoms with Gasteiger partial charge in [0.1, 0.15) is 0 Å². The summed E-state index contributed by atoms with van der Waals surface area (Å²) in [6.07, 6.45) is 0. The lowest BCUT2D eigenvalue weighted by molar-refractivity contribution is 0.0682. The largest absolute Gasteiger partial charge is 0.478 e. The van der Waals surface area contributed by atoms with Crippen molar-refractivity contribution < 1.29 is 19.8 Å².